The van der Waals surface area contributed by atoms with E-state index in [4.69, 9.17) is 4.74 Å². The number of ether oxygens (including phenoxy) is 1. The Bertz CT molecular complexity index is 760. The molecule has 3 rings (SSSR count). The van der Waals surface area contributed by atoms with E-state index in [1.54, 1.807) is 18.4 Å². The molecule has 1 aliphatic rings. The number of anilines is 1. The number of nitrogens with zero attached hydrogens (tertiary/aromatic N) is 3. The summed E-state index contributed by atoms with van der Waals surface area (Å²) in [5, 5.41) is 10.1. The largest absolute Gasteiger partial charge is 0.495 e. The lowest BCUT2D eigenvalue weighted by Crippen LogP contribution is -2.41. The van der Waals surface area contributed by atoms with E-state index < -0.39 is 0 Å². The molecule has 7 heteroatoms. The molecule has 146 valence electrons. The molecule has 2 N–H and O–H groups in total. The first-order chi connectivity index (χ1) is 13.2. The minimum atomic E-state index is 0.592. The lowest BCUT2D eigenvalue weighted by Gasteiger charge is -2.21. The summed E-state index contributed by atoms with van der Waals surface area (Å²) in [5.41, 5.74) is 2.33. The summed E-state index contributed by atoms with van der Waals surface area (Å²) in [6.45, 7) is 5.88. The van der Waals surface area contributed by atoms with Gasteiger partial charge in [0.25, 0.3) is 0 Å². The molecule has 1 saturated heterocycles. The lowest BCUT2D eigenvalue weighted by atomic mass is 10.1. The summed E-state index contributed by atoms with van der Waals surface area (Å²) < 4.78 is 5.50. The van der Waals surface area contributed by atoms with Crippen molar-refractivity contribution in [1.82, 2.24) is 15.6 Å². The Kier molecular flexibility index (Phi) is 6.92. The number of aromatic nitrogens is 1. The summed E-state index contributed by atoms with van der Waals surface area (Å²) in [7, 11) is 3.55. The molecule has 0 radical (unpaired) electrons. The number of para-hydroxylation sites is 2. The number of guanidine groups is 1. The third kappa shape index (κ3) is 5.35. The fraction of sp³-hybridized carbons (Fsp3) is 0.500. The van der Waals surface area contributed by atoms with E-state index in [0.29, 0.717) is 5.92 Å². The molecular formula is C20H29N5OS. The van der Waals surface area contributed by atoms with Crippen LogP contribution in [0.5, 0.6) is 5.75 Å². The minimum Gasteiger partial charge on any atom is -0.495 e. The third-order valence-corrected chi connectivity index (χ3v) is 5.66. The second kappa shape index (κ2) is 9.60. The number of hydrogen-bond acceptors (Lipinski definition) is 5. The summed E-state index contributed by atoms with van der Waals surface area (Å²) >= 11 is 1.70. The van der Waals surface area contributed by atoms with Gasteiger partial charge in [0.05, 0.1) is 23.5 Å². The van der Waals surface area contributed by atoms with Gasteiger partial charge in [-0.3, -0.25) is 4.99 Å². The maximum Gasteiger partial charge on any atom is 0.190 e. The zero-order chi connectivity index (χ0) is 19.1. The average Bonchev–Trinajstić information content (AvgIpc) is 3.33. The van der Waals surface area contributed by atoms with Crippen LogP contribution < -0.4 is 20.3 Å². The van der Waals surface area contributed by atoms with Crippen molar-refractivity contribution in [3.63, 3.8) is 0 Å². The van der Waals surface area contributed by atoms with E-state index in [2.05, 4.69) is 43.0 Å². The van der Waals surface area contributed by atoms with E-state index in [9.17, 15) is 0 Å². The van der Waals surface area contributed by atoms with Crippen molar-refractivity contribution < 1.29 is 4.74 Å². The Labute approximate surface area is 165 Å². The number of aryl methyl sites for hydroxylation is 1. The number of thiazole rings is 1. The smallest absolute Gasteiger partial charge is 0.190 e. The van der Waals surface area contributed by atoms with Gasteiger partial charge in [0.15, 0.2) is 5.96 Å². The molecule has 27 heavy (non-hydrogen) atoms. The topological polar surface area (TPSA) is 61.8 Å². The first-order valence-corrected chi connectivity index (χ1v) is 10.3. The van der Waals surface area contributed by atoms with E-state index in [1.807, 2.05) is 26.1 Å². The molecule has 1 unspecified atom stereocenters. The molecule has 1 fully saturated rings. The highest BCUT2D eigenvalue weighted by Gasteiger charge is 2.24. The van der Waals surface area contributed by atoms with Crippen LogP contribution in [0, 0.1) is 12.8 Å². The van der Waals surface area contributed by atoms with Gasteiger partial charge >= 0.3 is 0 Å². The molecule has 1 aromatic carbocycles. The van der Waals surface area contributed by atoms with Gasteiger partial charge in [-0.1, -0.05) is 12.1 Å². The second-order valence-electron chi connectivity index (χ2n) is 6.76. The van der Waals surface area contributed by atoms with Crippen molar-refractivity contribution in [1.29, 1.82) is 0 Å². The van der Waals surface area contributed by atoms with Gasteiger partial charge in [-0.05, 0) is 31.4 Å². The average molecular weight is 388 g/mol. The van der Waals surface area contributed by atoms with Crippen LogP contribution in [0.3, 0.4) is 0 Å². The van der Waals surface area contributed by atoms with Gasteiger partial charge in [0.1, 0.15) is 5.75 Å². The maximum atomic E-state index is 5.50. The summed E-state index contributed by atoms with van der Waals surface area (Å²) in [6, 6.07) is 8.24. The van der Waals surface area contributed by atoms with Crippen LogP contribution in [-0.2, 0) is 6.42 Å². The van der Waals surface area contributed by atoms with Gasteiger partial charge in [-0.15, -0.1) is 11.3 Å². The van der Waals surface area contributed by atoms with Crippen molar-refractivity contribution >= 4 is 23.0 Å². The molecule has 1 aromatic heterocycles. The predicted molar refractivity (Wildman–Crippen MR) is 113 cm³/mol. The summed E-state index contributed by atoms with van der Waals surface area (Å²) in [5.74, 6) is 2.40. The van der Waals surface area contributed by atoms with E-state index >= 15 is 0 Å². The molecule has 2 aromatic rings. The van der Waals surface area contributed by atoms with Crippen LogP contribution in [-0.4, -0.2) is 51.3 Å². The quantitative estimate of drug-likeness (QED) is 0.565. The zero-order valence-corrected chi connectivity index (χ0v) is 17.2. The van der Waals surface area contributed by atoms with Crippen LogP contribution in [0.4, 0.5) is 5.69 Å². The third-order valence-electron chi connectivity index (χ3n) is 4.83. The van der Waals surface area contributed by atoms with Gasteiger partial charge in [-0.25, -0.2) is 4.98 Å². The van der Waals surface area contributed by atoms with Crippen LogP contribution in [0.25, 0.3) is 0 Å². The number of nitrogens with one attached hydrogen (secondary N) is 2. The second-order valence-corrected chi connectivity index (χ2v) is 7.82. The SMILES string of the molecule is CN=C(NCCc1csc(C)n1)NCC1CCN(c2ccccc2OC)C1. The van der Waals surface area contributed by atoms with Gasteiger partial charge in [0, 0.05) is 45.0 Å². The van der Waals surface area contributed by atoms with Crippen molar-refractivity contribution in [3.8, 4) is 5.75 Å². The molecule has 0 saturated carbocycles. The van der Waals surface area contributed by atoms with Crippen molar-refractivity contribution in [2.45, 2.75) is 19.8 Å². The molecule has 1 atom stereocenters. The van der Waals surface area contributed by atoms with Crippen LogP contribution in [0.2, 0.25) is 0 Å². The Morgan fingerprint density at radius 2 is 2.22 bits per heavy atom. The van der Waals surface area contributed by atoms with E-state index in [-0.39, 0.29) is 0 Å². The molecular weight excluding hydrogens is 358 g/mol. The number of rotatable bonds is 7. The number of aliphatic imine (C=N–C) groups is 1. The Balaban J connectivity index is 1.42. The molecule has 1 aliphatic heterocycles. The zero-order valence-electron chi connectivity index (χ0n) is 16.4. The maximum absolute atomic E-state index is 5.50. The minimum absolute atomic E-state index is 0.592. The number of methoxy groups -OCH3 is 1. The van der Waals surface area contributed by atoms with Gasteiger partial charge in [-0.2, -0.15) is 0 Å². The monoisotopic (exact) mass is 387 g/mol. The van der Waals surface area contributed by atoms with Crippen molar-refractivity contribution in [3.05, 3.63) is 40.3 Å². The van der Waals surface area contributed by atoms with Crippen LogP contribution in [0.1, 0.15) is 17.1 Å². The molecule has 0 bridgehead atoms. The first-order valence-electron chi connectivity index (χ1n) is 9.43. The fourth-order valence-corrected chi connectivity index (χ4v) is 4.05. The van der Waals surface area contributed by atoms with E-state index in [0.717, 1.165) is 55.0 Å². The van der Waals surface area contributed by atoms with Crippen LogP contribution in [0.15, 0.2) is 34.6 Å². The highest BCUT2D eigenvalue weighted by Crippen LogP contribution is 2.31. The van der Waals surface area contributed by atoms with Gasteiger partial charge in [0.2, 0.25) is 0 Å². The first kappa shape index (κ1) is 19.5. The highest BCUT2D eigenvalue weighted by molar-refractivity contribution is 7.09. The number of benzene rings is 1. The standard InChI is InChI=1S/C20H29N5OS/c1-15-24-17(14-27-15)8-10-22-20(21-2)23-12-16-9-11-25(13-16)18-6-4-5-7-19(18)26-3/h4-7,14,16H,8-13H2,1-3H3,(H2,21,22,23). The van der Waals surface area contributed by atoms with E-state index in [1.165, 1.54) is 12.1 Å². The Hall–Kier alpha value is -2.28. The molecule has 0 spiro atoms. The Morgan fingerprint density at radius 3 is 2.96 bits per heavy atom. The van der Waals surface area contributed by atoms with Crippen LogP contribution >= 0.6 is 11.3 Å². The summed E-state index contributed by atoms with van der Waals surface area (Å²) in [6.07, 6.45) is 2.08. The number of hydrogen-bond donors (Lipinski definition) is 2. The Morgan fingerprint density at radius 1 is 1.37 bits per heavy atom. The molecule has 2 heterocycles. The van der Waals surface area contributed by atoms with Crippen molar-refractivity contribution in [2.24, 2.45) is 10.9 Å². The normalized spacial score (nSPS) is 17.2. The summed E-state index contributed by atoms with van der Waals surface area (Å²) in [4.78, 5) is 11.2. The predicted octanol–water partition coefficient (Wildman–Crippen LogP) is 2.69. The lowest BCUT2D eigenvalue weighted by molar-refractivity contribution is 0.414. The highest BCUT2D eigenvalue weighted by atomic mass is 32.1. The molecule has 0 aliphatic carbocycles. The van der Waals surface area contributed by atoms with Crippen molar-refractivity contribution in [2.75, 3.05) is 45.2 Å². The van der Waals surface area contributed by atoms with Gasteiger partial charge < -0.3 is 20.3 Å². The molecule has 6 nitrogen and oxygen atoms in total. The molecule has 0 amide bonds. The fourth-order valence-electron chi connectivity index (χ4n) is 3.40.